The Morgan fingerprint density at radius 2 is 2.05 bits per heavy atom. The number of ether oxygens (including phenoxy) is 2. The number of hydrogen-bond donors (Lipinski definition) is 3. The van der Waals surface area contributed by atoms with E-state index in [0.717, 1.165) is 0 Å². The molecule has 2 aliphatic carbocycles. The van der Waals surface area contributed by atoms with E-state index in [2.05, 4.69) is 0 Å². The lowest BCUT2D eigenvalue weighted by molar-refractivity contribution is -0.190. The van der Waals surface area contributed by atoms with Crippen molar-refractivity contribution in [1.82, 2.24) is 0 Å². The minimum atomic E-state index is -1.70. The SMILES string of the molecule is COc1ccc2c(c1)O[C@@H]1[C@H]2[C@@H](O)[C@@H]2C(=O)C=C[C@@]1(O)[C@@H]2O. The number of fused-ring (bicyclic) bond motifs is 6. The largest absolute Gasteiger partial charge is 0.497 e. The number of carbonyl (C=O) groups is 1. The van der Waals surface area contributed by atoms with Gasteiger partial charge in [0.1, 0.15) is 29.3 Å². The predicted octanol–water partition coefficient (Wildman–Crippen LogP) is -0.239. The first-order valence-electron chi connectivity index (χ1n) is 7.13. The molecular formula is C16H16O6. The molecule has 1 heterocycles. The number of carbonyl (C=O) groups excluding carboxylic acids is 1. The van der Waals surface area contributed by atoms with Crippen LogP contribution in [-0.2, 0) is 4.79 Å². The zero-order valence-electron chi connectivity index (χ0n) is 11.8. The third-order valence-electron chi connectivity index (χ3n) is 5.01. The van der Waals surface area contributed by atoms with Crippen molar-refractivity contribution >= 4 is 5.78 Å². The van der Waals surface area contributed by atoms with Crippen LogP contribution in [-0.4, -0.2) is 52.1 Å². The summed E-state index contributed by atoms with van der Waals surface area (Å²) in [4.78, 5) is 12.0. The molecule has 0 unspecified atom stereocenters. The topological polar surface area (TPSA) is 96.2 Å². The van der Waals surface area contributed by atoms with Crippen LogP contribution < -0.4 is 9.47 Å². The van der Waals surface area contributed by atoms with E-state index in [1.165, 1.54) is 19.3 Å². The third kappa shape index (κ3) is 1.52. The van der Waals surface area contributed by atoms with Crippen molar-refractivity contribution in [3.8, 4) is 11.5 Å². The van der Waals surface area contributed by atoms with Crippen LogP contribution in [0.2, 0.25) is 0 Å². The molecule has 1 fully saturated rings. The average molecular weight is 304 g/mol. The van der Waals surface area contributed by atoms with Gasteiger partial charge in [0.15, 0.2) is 5.78 Å². The van der Waals surface area contributed by atoms with Crippen LogP contribution in [0.4, 0.5) is 0 Å². The first-order chi connectivity index (χ1) is 10.5. The minimum Gasteiger partial charge on any atom is -0.497 e. The number of rotatable bonds is 1. The highest BCUT2D eigenvalue weighted by Crippen LogP contribution is 2.53. The Kier molecular flexibility index (Phi) is 2.70. The molecule has 0 aromatic heterocycles. The van der Waals surface area contributed by atoms with E-state index in [4.69, 9.17) is 9.47 Å². The van der Waals surface area contributed by atoms with E-state index in [0.29, 0.717) is 17.1 Å². The highest BCUT2D eigenvalue weighted by molar-refractivity contribution is 5.94. The van der Waals surface area contributed by atoms with Gasteiger partial charge >= 0.3 is 0 Å². The molecule has 22 heavy (non-hydrogen) atoms. The van der Waals surface area contributed by atoms with Gasteiger partial charge in [-0.3, -0.25) is 4.79 Å². The van der Waals surface area contributed by atoms with Gasteiger partial charge in [0.2, 0.25) is 0 Å². The third-order valence-corrected chi connectivity index (χ3v) is 5.01. The summed E-state index contributed by atoms with van der Waals surface area (Å²) in [5.74, 6) is -0.928. The van der Waals surface area contributed by atoms with Crippen molar-refractivity contribution in [3.05, 3.63) is 35.9 Å². The second kappa shape index (κ2) is 4.32. The number of aliphatic hydroxyl groups excluding tert-OH is 2. The van der Waals surface area contributed by atoms with Crippen molar-refractivity contribution in [2.75, 3.05) is 7.11 Å². The fourth-order valence-corrected chi connectivity index (χ4v) is 3.85. The lowest BCUT2D eigenvalue weighted by Gasteiger charge is -2.49. The Hall–Kier alpha value is -1.89. The van der Waals surface area contributed by atoms with Crippen molar-refractivity contribution in [1.29, 1.82) is 0 Å². The second-order valence-corrected chi connectivity index (χ2v) is 6.05. The number of allylic oxidation sites excluding steroid dienone is 1. The summed E-state index contributed by atoms with van der Waals surface area (Å²) in [6.07, 6.45) is -0.863. The molecule has 3 aliphatic rings. The molecule has 1 aromatic carbocycles. The lowest BCUT2D eigenvalue weighted by atomic mass is 9.61. The van der Waals surface area contributed by atoms with Crippen LogP contribution in [0.5, 0.6) is 11.5 Å². The van der Waals surface area contributed by atoms with E-state index in [1.807, 2.05) is 0 Å². The van der Waals surface area contributed by atoms with Gasteiger partial charge in [-0.1, -0.05) is 6.07 Å². The summed E-state index contributed by atoms with van der Waals surface area (Å²) in [7, 11) is 1.53. The van der Waals surface area contributed by atoms with E-state index >= 15 is 0 Å². The summed E-state index contributed by atoms with van der Waals surface area (Å²) in [6, 6.07) is 5.17. The van der Waals surface area contributed by atoms with Gasteiger partial charge in [0.25, 0.3) is 0 Å². The fourth-order valence-electron chi connectivity index (χ4n) is 3.85. The van der Waals surface area contributed by atoms with Gasteiger partial charge in [-0.15, -0.1) is 0 Å². The van der Waals surface area contributed by atoms with Crippen LogP contribution in [0.3, 0.4) is 0 Å². The molecule has 1 aromatic rings. The molecule has 1 saturated carbocycles. The summed E-state index contributed by atoms with van der Waals surface area (Å²) < 4.78 is 11.0. The maximum Gasteiger partial charge on any atom is 0.163 e. The normalized spacial score (nSPS) is 41.6. The van der Waals surface area contributed by atoms with E-state index < -0.39 is 35.7 Å². The van der Waals surface area contributed by atoms with E-state index in [1.54, 1.807) is 18.2 Å². The first-order valence-corrected chi connectivity index (χ1v) is 7.13. The molecule has 3 N–H and O–H groups in total. The van der Waals surface area contributed by atoms with Gasteiger partial charge in [-0.05, 0) is 18.2 Å². The molecule has 2 bridgehead atoms. The molecular weight excluding hydrogens is 288 g/mol. The van der Waals surface area contributed by atoms with Crippen LogP contribution in [0.15, 0.2) is 30.4 Å². The zero-order chi connectivity index (χ0) is 15.6. The molecule has 0 saturated heterocycles. The molecule has 6 atom stereocenters. The average Bonchev–Trinajstić information content (AvgIpc) is 2.89. The number of ketones is 1. The maximum absolute atomic E-state index is 12.0. The number of aliphatic hydroxyl groups is 3. The van der Waals surface area contributed by atoms with E-state index in [9.17, 15) is 20.1 Å². The quantitative estimate of drug-likeness (QED) is 0.663. The summed E-state index contributed by atoms with van der Waals surface area (Å²) in [6.45, 7) is 0. The Balaban J connectivity index is 1.86. The van der Waals surface area contributed by atoms with Gasteiger partial charge < -0.3 is 24.8 Å². The predicted molar refractivity (Wildman–Crippen MR) is 74.8 cm³/mol. The highest BCUT2D eigenvalue weighted by Gasteiger charge is 2.64. The molecule has 0 amide bonds. The number of methoxy groups -OCH3 is 1. The molecule has 116 valence electrons. The maximum atomic E-state index is 12.0. The second-order valence-electron chi connectivity index (χ2n) is 6.05. The number of benzene rings is 1. The molecule has 0 spiro atoms. The van der Waals surface area contributed by atoms with Gasteiger partial charge in [-0.25, -0.2) is 0 Å². The van der Waals surface area contributed by atoms with Crippen molar-refractivity contribution in [3.63, 3.8) is 0 Å². The summed E-state index contributed by atoms with van der Waals surface area (Å²) >= 11 is 0. The Morgan fingerprint density at radius 1 is 1.27 bits per heavy atom. The fraction of sp³-hybridized carbons (Fsp3) is 0.438. The Bertz CT molecular complexity index is 683. The van der Waals surface area contributed by atoms with Crippen LogP contribution in [0, 0.1) is 5.92 Å². The van der Waals surface area contributed by atoms with Crippen molar-refractivity contribution < 1.29 is 29.6 Å². The van der Waals surface area contributed by atoms with Gasteiger partial charge in [0, 0.05) is 11.6 Å². The molecule has 4 rings (SSSR count). The standard InChI is InChI=1S/C16H16O6/c1-21-7-2-3-8-10(6-7)22-15-11(8)13(18)12-9(17)4-5-16(15,20)14(12)19/h2-6,11-15,18-20H,1H3/t11-,12+,13-,14-,15-,16-/m1/s1. The Labute approximate surface area is 126 Å². The van der Waals surface area contributed by atoms with Crippen molar-refractivity contribution in [2.45, 2.75) is 29.8 Å². The Morgan fingerprint density at radius 3 is 2.77 bits per heavy atom. The minimum absolute atomic E-state index is 0.384. The monoisotopic (exact) mass is 304 g/mol. The van der Waals surface area contributed by atoms with Gasteiger partial charge in [-0.2, -0.15) is 0 Å². The lowest BCUT2D eigenvalue weighted by Crippen LogP contribution is -2.67. The summed E-state index contributed by atoms with van der Waals surface area (Å²) in [5, 5.41) is 31.7. The van der Waals surface area contributed by atoms with Crippen molar-refractivity contribution in [2.24, 2.45) is 5.92 Å². The molecule has 0 radical (unpaired) electrons. The smallest absolute Gasteiger partial charge is 0.163 e. The van der Waals surface area contributed by atoms with Crippen LogP contribution in [0.1, 0.15) is 11.5 Å². The molecule has 6 heteroatoms. The molecule has 6 nitrogen and oxygen atoms in total. The first kappa shape index (κ1) is 13.8. The van der Waals surface area contributed by atoms with Crippen LogP contribution in [0.25, 0.3) is 0 Å². The molecule has 1 aliphatic heterocycles. The van der Waals surface area contributed by atoms with Crippen LogP contribution >= 0.6 is 0 Å². The summed E-state index contributed by atoms with van der Waals surface area (Å²) in [5.41, 5.74) is -0.994. The van der Waals surface area contributed by atoms with Gasteiger partial charge in [0.05, 0.1) is 25.0 Å². The van der Waals surface area contributed by atoms with E-state index in [-0.39, 0.29) is 5.78 Å². The number of hydrogen-bond acceptors (Lipinski definition) is 6. The highest BCUT2D eigenvalue weighted by atomic mass is 16.5. The zero-order valence-corrected chi connectivity index (χ0v) is 11.8.